The van der Waals surface area contributed by atoms with Gasteiger partial charge in [0.05, 0.1) is 24.7 Å². The summed E-state index contributed by atoms with van der Waals surface area (Å²) in [5.74, 6) is 0.690. The van der Waals surface area contributed by atoms with Crippen molar-refractivity contribution in [1.82, 2.24) is 20.3 Å². The summed E-state index contributed by atoms with van der Waals surface area (Å²) in [6, 6.07) is 7.01. The number of aliphatic imine (C=N–C) groups is 1. The topological polar surface area (TPSA) is 95.1 Å². The van der Waals surface area contributed by atoms with Crippen LogP contribution in [0.4, 0.5) is 0 Å². The highest BCUT2D eigenvalue weighted by atomic mass is 32.2. The lowest BCUT2D eigenvalue weighted by atomic mass is 10.1. The zero-order valence-electron chi connectivity index (χ0n) is 18.7. The number of sulfonamides is 1. The third kappa shape index (κ3) is 8.59. The Hall–Kier alpha value is -1.68. The standard InChI is InChI=1S/C21H37N5O3S/c1-5-22-20(23-11-8-12-26-13-15-29-16-14-26)24-17-18-9-6-7-10-19(18)30(27,28)25-21(2,3)4/h6-7,9-10,25H,5,8,11-17H2,1-4H3,(H2,22,23,24). The van der Waals surface area contributed by atoms with E-state index < -0.39 is 15.6 Å². The molecular weight excluding hydrogens is 402 g/mol. The fourth-order valence-corrected chi connectivity index (χ4v) is 4.85. The van der Waals surface area contributed by atoms with E-state index in [9.17, 15) is 8.42 Å². The van der Waals surface area contributed by atoms with E-state index in [0.717, 1.165) is 52.4 Å². The highest BCUT2D eigenvalue weighted by molar-refractivity contribution is 7.89. The van der Waals surface area contributed by atoms with Gasteiger partial charge in [-0.05, 0) is 52.3 Å². The maximum absolute atomic E-state index is 12.8. The molecule has 0 aromatic heterocycles. The molecule has 0 radical (unpaired) electrons. The van der Waals surface area contributed by atoms with Crippen molar-refractivity contribution in [2.75, 3.05) is 45.9 Å². The molecule has 9 heteroatoms. The van der Waals surface area contributed by atoms with Gasteiger partial charge in [0.25, 0.3) is 0 Å². The smallest absolute Gasteiger partial charge is 0.241 e. The predicted octanol–water partition coefficient (Wildman–Crippen LogP) is 1.54. The van der Waals surface area contributed by atoms with Crippen LogP contribution in [-0.4, -0.2) is 70.8 Å². The summed E-state index contributed by atoms with van der Waals surface area (Å²) >= 11 is 0. The van der Waals surface area contributed by atoms with Crippen molar-refractivity contribution >= 4 is 16.0 Å². The van der Waals surface area contributed by atoms with Crippen LogP contribution in [0.5, 0.6) is 0 Å². The second-order valence-corrected chi connectivity index (χ2v) is 10.0. The maximum atomic E-state index is 12.8. The van der Waals surface area contributed by atoms with E-state index in [2.05, 4.69) is 25.2 Å². The van der Waals surface area contributed by atoms with Crippen molar-refractivity contribution in [1.29, 1.82) is 0 Å². The monoisotopic (exact) mass is 439 g/mol. The van der Waals surface area contributed by atoms with Gasteiger partial charge in [-0.3, -0.25) is 4.90 Å². The van der Waals surface area contributed by atoms with E-state index in [-0.39, 0.29) is 11.4 Å². The zero-order chi connectivity index (χ0) is 22.0. The molecule has 1 saturated heterocycles. The molecule has 30 heavy (non-hydrogen) atoms. The Morgan fingerprint density at radius 3 is 2.53 bits per heavy atom. The number of nitrogens with one attached hydrogen (secondary N) is 3. The summed E-state index contributed by atoms with van der Waals surface area (Å²) < 4.78 is 33.7. The molecule has 170 valence electrons. The minimum Gasteiger partial charge on any atom is -0.379 e. The highest BCUT2D eigenvalue weighted by Crippen LogP contribution is 2.18. The van der Waals surface area contributed by atoms with E-state index in [1.54, 1.807) is 12.1 Å². The Labute approximate surface area is 181 Å². The Bertz CT molecular complexity index is 784. The quantitative estimate of drug-likeness (QED) is 0.307. The normalized spacial score (nSPS) is 16.5. The lowest BCUT2D eigenvalue weighted by Crippen LogP contribution is -2.41. The molecule has 0 atom stereocenters. The number of ether oxygens (including phenoxy) is 1. The molecule has 0 bridgehead atoms. The zero-order valence-corrected chi connectivity index (χ0v) is 19.5. The summed E-state index contributed by atoms with van der Waals surface area (Å²) in [5, 5.41) is 6.57. The van der Waals surface area contributed by atoms with Crippen LogP contribution >= 0.6 is 0 Å². The number of rotatable bonds is 9. The number of morpholine rings is 1. The number of hydrogen-bond acceptors (Lipinski definition) is 5. The maximum Gasteiger partial charge on any atom is 0.241 e. The van der Waals surface area contributed by atoms with Crippen LogP contribution in [0.15, 0.2) is 34.2 Å². The van der Waals surface area contributed by atoms with Crippen LogP contribution in [0.25, 0.3) is 0 Å². The van der Waals surface area contributed by atoms with Gasteiger partial charge >= 0.3 is 0 Å². The van der Waals surface area contributed by atoms with Gasteiger partial charge in [0.15, 0.2) is 5.96 Å². The van der Waals surface area contributed by atoms with Gasteiger partial charge in [-0.15, -0.1) is 0 Å². The summed E-state index contributed by atoms with van der Waals surface area (Å²) in [4.78, 5) is 7.28. The van der Waals surface area contributed by atoms with Crippen molar-refractivity contribution < 1.29 is 13.2 Å². The second kappa shape index (κ2) is 11.6. The Morgan fingerprint density at radius 2 is 1.87 bits per heavy atom. The first-order valence-electron chi connectivity index (χ1n) is 10.7. The van der Waals surface area contributed by atoms with Crippen LogP contribution in [0.1, 0.15) is 39.7 Å². The van der Waals surface area contributed by atoms with E-state index in [0.29, 0.717) is 11.5 Å². The first-order valence-corrected chi connectivity index (χ1v) is 12.1. The van der Waals surface area contributed by atoms with Gasteiger partial charge in [-0.1, -0.05) is 18.2 Å². The van der Waals surface area contributed by atoms with Crippen LogP contribution in [0.2, 0.25) is 0 Å². The predicted molar refractivity (Wildman–Crippen MR) is 121 cm³/mol. The van der Waals surface area contributed by atoms with Crippen molar-refractivity contribution in [3.05, 3.63) is 29.8 Å². The molecule has 1 fully saturated rings. The summed E-state index contributed by atoms with van der Waals surface area (Å²) in [5.41, 5.74) is 0.117. The molecule has 0 aliphatic carbocycles. The molecule has 1 aliphatic heterocycles. The van der Waals surface area contributed by atoms with Gasteiger partial charge in [0.1, 0.15) is 0 Å². The molecule has 2 rings (SSSR count). The molecule has 3 N–H and O–H groups in total. The van der Waals surface area contributed by atoms with Gasteiger partial charge in [0, 0.05) is 31.7 Å². The number of nitrogens with zero attached hydrogens (tertiary/aromatic N) is 2. The van der Waals surface area contributed by atoms with E-state index in [1.807, 2.05) is 39.8 Å². The fourth-order valence-electron chi connectivity index (χ4n) is 3.19. The van der Waals surface area contributed by atoms with Gasteiger partial charge in [0.2, 0.25) is 10.0 Å². The molecule has 0 unspecified atom stereocenters. The summed E-state index contributed by atoms with van der Waals surface area (Å²) in [6.45, 7) is 13.9. The molecule has 0 amide bonds. The van der Waals surface area contributed by atoms with Crippen molar-refractivity contribution in [2.45, 2.75) is 51.1 Å². The summed E-state index contributed by atoms with van der Waals surface area (Å²) in [6.07, 6.45) is 1.00. The number of hydrogen-bond donors (Lipinski definition) is 3. The largest absolute Gasteiger partial charge is 0.379 e. The van der Waals surface area contributed by atoms with E-state index >= 15 is 0 Å². The molecule has 0 saturated carbocycles. The Morgan fingerprint density at radius 1 is 1.17 bits per heavy atom. The van der Waals surface area contributed by atoms with Crippen LogP contribution in [-0.2, 0) is 21.3 Å². The van der Waals surface area contributed by atoms with Gasteiger partial charge in [-0.2, -0.15) is 0 Å². The van der Waals surface area contributed by atoms with Crippen molar-refractivity contribution in [3.63, 3.8) is 0 Å². The van der Waals surface area contributed by atoms with Gasteiger partial charge < -0.3 is 15.4 Å². The SMILES string of the molecule is CCNC(=NCc1ccccc1S(=O)(=O)NC(C)(C)C)NCCCN1CCOCC1. The minimum absolute atomic E-state index is 0.270. The fraction of sp³-hybridized carbons (Fsp3) is 0.667. The minimum atomic E-state index is -3.62. The van der Waals surface area contributed by atoms with Crippen molar-refractivity contribution in [2.24, 2.45) is 4.99 Å². The van der Waals surface area contributed by atoms with Crippen LogP contribution < -0.4 is 15.4 Å². The number of guanidine groups is 1. The van der Waals surface area contributed by atoms with E-state index in [1.165, 1.54) is 0 Å². The molecule has 0 spiro atoms. The second-order valence-electron chi connectivity index (χ2n) is 8.39. The highest BCUT2D eigenvalue weighted by Gasteiger charge is 2.24. The summed E-state index contributed by atoms with van der Waals surface area (Å²) in [7, 11) is -3.62. The Kier molecular flexibility index (Phi) is 9.54. The van der Waals surface area contributed by atoms with E-state index in [4.69, 9.17) is 4.74 Å². The first-order chi connectivity index (χ1) is 14.2. The lowest BCUT2D eigenvalue weighted by Gasteiger charge is -2.26. The lowest BCUT2D eigenvalue weighted by molar-refractivity contribution is 0.0376. The third-order valence-corrected chi connectivity index (χ3v) is 6.36. The third-order valence-electron chi connectivity index (χ3n) is 4.50. The average molecular weight is 440 g/mol. The molecule has 1 aromatic rings. The van der Waals surface area contributed by atoms with Crippen LogP contribution in [0, 0.1) is 0 Å². The molecule has 8 nitrogen and oxygen atoms in total. The number of benzene rings is 1. The Balaban J connectivity index is 1.98. The molecule has 1 heterocycles. The van der Waals surface area contributed by atoms with Crippen molar-refractivity contribution in [3.8, 4) is 0 Å². The first kappa shape index (κ1) is 24.6. The molecule has 1 aliphatic rings. The average Bonchev–Trinajstić information content (AvgIpc) is 2.68. The molecule has 1 aromatic carbocycles. The van der Waals surface area contributed by atoms with Gasteiger partial charge in [-0.25, -0.2) is 18.1 Å². The molecular formula is C21H37N5O3S. The van der Waals surface area contributed by atoms with Crippen LogP contribution in [0.3, 0.4) is 0 Å².